The van der Waals surface area contributed by atoms with E-state index in [1.807, 2.05) is 18.2 Å². The third kappa shape index (κ3) is 3.85. The molecule has 0 bridgehead atoms. The van der Waals surface area contributed by atoms with Crippen molar-refractivity contribution in [3.05, 3.63) is 28.2 Å². The van der Waals surface area contributed by atoms with Gasteiger partial charge in [0.2, 0.25) is 0 Å². The molecule has 1 rings (SSSR count). The number of hydrogen-bond acceptors (Lipinski definition) is 3. The van der Waals surface area contributed by atoms with Gasteiger partial charge in [-0.25, -0.2) is 0 Å². The van der Waals surface area contributed by atoms with Crippen molar-refractivity contribution < 1.29 is 14.3 Å². The zero-order valence-electron chi connectivity index (χ0n) is 9.46. The summed E-state index contributed by atoms with van der Waals surface area (Å²) in [6.07, 6.45) is 1.07. The Bertz CT molecular complexity index is 363. The van der Waals surface area contributed by atoms with Gasteiger partial charge in [-0.3, -0.25) is 4.79 Å². The lowest BCUT2D eigenvalue weighted by molar-refractivity contribution is -0.143. The molecule has 0 amide bonds. The summed E-state index contributed by atoms with van der Waals surface area (Å²) in [4.78, 5) is 11.2. The van der Waals surface area contributed by atoms with E-state index in [9.17, 15) is 4.79 Å². The normalized spacial score (nSPS) is 9.94. The van der Waals surface area contributed by atoms with Gasteiger partial charge >= 0.3 is 5.97 Å². The summed E-state index contributed by atoms with van der Waals surface area (Å²) in [5.41, 5.74) is 1.08. The van der Waals surface area contributed by atoms with Crippen LogP contribution in [0.3, 0.4) is 0 Å². The number of methoxy groups -OCH3 is 1. The van der Waals surface area contributed by atoms with Gasteiger partial charge in [0, 0.05) is 10.9 Å². The predicted molar refractivity (Wildman–Crippen MR) is 65.6 cm³/mol. The highest BCUT2D eigenvalue weighted by Gasteiger charge is 2.06. The molecule has 1 aromatic carbocycles. The molecule has 0 N–H and O–H groups in total. The second kappa shape index (κ2) is 6.53. The second-order valence-electron chi connectivity index (χ2n) is 3.26. The minimum Gasteiger partial charge on any atom is -0.497 e. The molecular weight excluding hydrogens is 272 g/mol. The van der Waals surface area contributed by atoms with Gasteiger partial charge in [-0.2, -0.15) is 0 Å². The van der Waals surface area contributed by atoms with Crippen LogP contribution < -0.4 is 4.74 Å². The molecule has 0 aliphatic rings. The summed E-state index contributed by atoms with van der Waals surface area (Å²) >= 11 is 3.44. The molecule has 0 unspecified atom stereocenters. The third-order valence-electron chi connectivity index (χ3n) is 2.16. The molecule has 4 heteroatoms. The van der Waals surface area contributed by atoms with Gasteiger partial charge in [-0.05, 0) is 31.0 Å². The van der Waals surface area contributed by atoms with Crippen molar-refractivity contribution >= 4 is 21.9 Å². The first-order valence-corrected chi connectivity index (χ1v) is 5.94. The molecule has 88 valence electrons. The lowest BCUT2D eigenvalue weighted by atomic mass is 10.1. The summed E-state index contributed by atoms with van der Waals surface area (Å²) in [5, 5.41) is 0. The van der Waals surface area contributed by atoms with E-state index >= 15 is 0 Å². The van der Waals surface area contributed by atoms with Crippen molar-refractivity contribution in [2.75, 3.05) is 13.7 Å². The largest absolute Gasteiger partial charge is 0.497 e. The van der Waals surface area contributed by atoms with Crippen molar-refractivity contribution in [1.82, 2.24) is 0 Å². The SMILES string of the molecule is CCOC(=O)CCc1ccc(OC)cc1Br. The maximum atomic E-state index is 11.2. The smallest absolute Gasteiger partial charge is 0.306 e. The zero-order chi connectivity index (χ0) is 12.0. The van der Waals surface area contributed by atoms with Crippen LogP contribution in [0.4, 0.5) is 0 Å². The number of halogens is 1. The van der Waals surface area contributed by atoms with Gasteiger partial charge in [-0.15, -0.1) is 0 Å². The van der Waals surface area contributed by atoms with Crippen LogP contribution in [0, 0.1) is 0 Å². The molecule has 0 heterocycles. The van der Waals surface area contributed by atoms with Crippen LogP contribution in [0.25, 0.3) is 0 Å². The number of hydrogen-bond donors (Lipinski definition) is 0. The Morgan fingerprint density at radius 3 is 2.75 bits per heavy atom. The molecule has 0 aromatic heterocycles. The first-order chi connectivity index (χ1) is 7.67. The van der Waals surface area contributed by atoms with E-state index in [0.29, 0.717) is 19.4 Å². The fourth-order valence-electron chi connectivity index (χ4n) is 1.33. The van der Waals surface area contributed by atoms with Gasteiger partial charge in [0.1, 0.15) is 5.75 Å². The minimum atomic E-state index is -0.162. The average Bonchev–Trinajstić information content (AvgIpc) is 2.27. The van der Waals surface area contributed by atoms with Crippen LogP contribution in [0.1, 0.15) is 18.9 Å². The number of rotatable bonds is 5. The lowest BCUT2D eigenvalue weighted by Gasteiger charge is -2.06. The Balaban J connectivity index is 2.57. The fourth-order valence-corrected chi connectivity index (χ4v) is 1.88. The quantitative estimate of drug-likeness (QED) is 0.781. The number of carbonyl (C=O) groups excluding carboxylic acids is 1. The molecule has 0 saturated heterocycles. The molecule has 16 heavy (non-hydrogen) atoms. The number of aryl methyl sites for hydroxylation is 1. The first kappa shape index (κ1) is 13.0. The van der Waals surface area contributed by atoms with Crippen LogP contribution in [0.2, 0.25) is 0 Å². The van der Waals surface area contributed by atoms with E-state index in [-0.39, 0.29) is 5.97 Å². The Labute approximate surface area is 104 Å². The van der Waals surface area contributed by atoms with E-state index < -0.39 is 0 Å². The van der Waals surface area contributed by atoms with E-state index in [0.717, 1.165) is 15.8 Å². The fraction of sp³-hybridized carbons (Fsp3) is 0.417. The Morgan fingerprint density at radius 1 is 1.44 bits per heavy atom. The predicted octanol–water partition coefficient (Wildman–Crippen LogP) is 2.95. The molecule has 0 aliphatic carbocycles. The van der Waals surface area contributed by atoms with E-state index in [2.05, 4.69) is 15.9 Å². The molecular formula is C12H15BrO3. The summed E-state index contributed by atoms with van der Waals surface area (Å²) in [6, 6.07) is 5.72. The van der Waals surface area contributed by atoms with Gasteiger partial charge in [0.15, 0.2) is 0 Å². The zero-order valence-corrected chi connectivity index (χ0v) is 11.0. The van der Waals surface area contributed by atoms with Crippen molar-refractivity contribution in [1.29, 1.82) is 0 Å². The Hall–Kier alpha value is -1.03. The van der Waals surface area contributed by atoms with Crippen LogP contribution in [-0.2, 0) is 16.0 Å². The monoisotopic (exact) mass is 286 g/mol. The molecule has 0 spiro atoms. The van der Waals surface area contributed by atoms with Crippen molar-refractivity contribution in [2.24, 2.45) is 0 Å². The number of carbonyl (C=O) groups is 1. The molecule has 0 radical (unpaired) electrons. The third-order valence-corrected chi connectivity index (χ3v) is 2.90. The maximum Gasteiger partial charge on any atom is 0.306 e. The number of benzene rings is 1. The van der Waals surface area contributed by atoms with E-state index in [1.54, 1.807) is 14.0 Å². The minimum absolute atomic E-state index is 0.162. The van der Waals surface area contributed by atoms with Gasteiger partial charge in [0.05, 0.1) is 13.7 Å². The average molecular weight is 287 g/mol. The van der Waals surface area contributed by atoms with Gasteiger partial charge < -0.3 is 9.47 Å². The summed E-state index contributed by atoms with van der Waals surface area (Å²) in [5.74, 6) is 0.636. The highest BCUT2D eigenvalue weighted by atomic mass is 79.9. The standard InChI is InChI=1S/C12H15BrO3/c1-3-16-12(14)7-5-9-4-6-10(15-2)8-11(9)13/h4,6,8H,3,5,7H2,1-2H3. The van der Waals surface area contributed by atoms with E-state index in [4.69, 9.17) is 9.47 Å². The number of esters is 1. The maximum absolute atomic E-state index is 11.2. The van der Waals surface area contributed by atoms with Crippen LogP contribution in [0.5, 0.6) is 5.75 Å². The molecule has 3 nitrogen and oxygen atoms in total. The molecule has 0 atom stereocenters. The topological polar surface area (TPSA) is 35.5 Å². The van der Waals surface area contributed by atoms with Crippen molar-refractivity contribution in [3.8, 4) is 5.75 Å². The summed E-state index contributed by atoms with van der Waals surface area (Å²) in [6.45, 7) is 2.24. The Kier molecular flexibility index (Phi) is 5.32. The van der Waals surface area contributed by atoms with Crippen LogP contribution >= 0.6 is 15.9 Å². The van der Waals surface area contributed by atoms with Crippen molar-refractivity contribution in [2.45, 2.75) is 19.8 Å². The second-order valence-corrected chi connectivity index (χ2v) is 4.12. The van der Waals surface area contributed by atoms with Crippen molar-refractivity contribution in [3.63, 3.8) is 0 Å². The van der Waals surface area contributed by atoms with Crippen LogP contribution in [-0.4, -0.2) is 19.7 Å². The first-order valence-electron chi connectivity index (χ1n) is 5.15. The molecule has 1 aromatic rings. The van der Waals surface area contributed by atoms with E-state index in [1.165, 1.54) is 0 Å². The lowest BCUT2D eigenvalue weighted by Crippen LogP contribution is -2.05. The Morgan fingerprint density at radius 2 is 2.19 bits per heavy atom. The van der Waals surface area contributed by atoms with Crippen LogP contribution in [0.15, 0.2) is 22.7 Å². The highest BCUT2D eigenvalue weighted by Crippen LogP contribution is 2.23. The summed E-state index contributed by atoms with van der Waals surface area (Å²) in [7, 11) is 1.63. The van der Waals surface area contributed by atoms with Gasteiger partial charge in [-0.1, -0.05) is 22.0 Å². The molecule has 0 fully saturated rings. The summed E-state index contributed by atoms with van der Waals surface area (Å²) < 4.78 is 10.9. The number of ether oxygens (including phenoxy) is 2. The van der Waals surface area contributed by atoms with Gasteiger partial charge in [0.25, 0.3) is 0 Å². The molecule has 0 aliphatic heterocycles. The molecule has 0 saturated carbocycles. The highest BCUT2D eigenvalue weighted by molar-refractivity contribution is 9.10.